The van der Waals surface area contributed by atoms with Crippen molar-refractivity contribution in [1.29, 1.82) is 0 Å². The van der Waals surface area contributed by atoms with Crippen LogP contribution >= 0.6 is 11.3 Å². The van der Waals surface area contributed by atoms with Crippen LogP contribution in [0.15, 0.2) is 36.8 Å². The molecule has 0 bridgehead atoms. The Labute approximate surface area is 240 Å². The molecule has 220 valence electrons. The molecule has 0 radical (unpaired) electrons. The Morgan fingerprint density at radius 1 is 1.10 bits per heavy atom. The number of hydrogen-bond acceptors (Lipinski definition) is 8. The molecule has 1 fully saturated rings. The van der Waals surface area contributed by atoms with E-state index in [1.807, 2.05) is 27.7 Å². The number of benzene rings is 1. The summed E-state index contributed by atoms with van der Waals surface area (Å²) in [5.41, 5.74) is 0.664. The van der Waals surface area contributed by atoms with Crippen LogP contribution in [0, 0.1) is 6.92 Å². The highest BCUT2D eigenvalue weighted by atomic mass is 32.1. The van der Waals surface area contributed by atoms with E-state index in [0.29, 0.717) is 41.4 Å². The number of rotatable bonds is 6. The number of thiazole rings is 1. The molecule has 0 spiro atoms. The van der Waals surface area contributed by atoms with Gasteiger partial charge in [0.15, 0.2) is 0 Å². The van der Waals surface area contributed by atoms with Gasteiger partial charge in [0.2, 0.25) is 5.82 Å². The van der Waals surface area contributed by atoms with Gasteiger partial charge in [-0.05, 0) is 65.7 Å². The van der Waals surface area contributed by atoms with Crippen molar-refractivity contribution in [2.24, 2.45) is 0 Å². The summed E-state index contributed by atoms with van der Waals surface area (Å²) in [7, 11) is 0. The summed E-state index contributed by atoms with van der Waals surface area (Å²) in [6, 6.07) is 4.42. The second-order valence-corrected chi connectivity index (χ2v) is 12.1. The van der Waals surface area contributed by atoms with E-state index in [1.165, 1.54) is 11.3 Å². The molecule has 41 heavy (non-hydrogen) atoms. The number of alkyl halides is 3. The SMILES string of the molecule is Cc1cnc(-c2cc(O[C@@H]3CCCN(C(=O)OC(C)(C)C)C3)cc(C(=O)N[C@H](C)c3cnc(C(F)(F)F)nc3)c2)s1. The van der Waals surface area contributed by atoms with Crippen LogP contribution in [-0.2, 0) is 10.9 Å². The number of ether oxygens (including phenoxy) is 2. The zero-order valence-electron chi connectivity index (χ0n) is 23.4. The van der Waals surface area contributed by atoms with Gasteiger partial charge in [0.05, 0.1) is 12.6 Å². The first-order valence-electron chi connectivity index (χ1n) is 13.1. The predicted molar refractivity (Wildman–Crippen MR) is 147 cm³/mol. The molecule has 0 saturated carbocycles. The molecule has 9 nitrogen and oxygen atoms in total. The van der Waals surface area contributed by atoms with Gasteiger partial charge in [-0.1, -0.05) is 0 Å². The van der Waals surface area contributed by atoms with Gasteiger partial charge in [0.25, 0.3) is 5.91 Å². The number of nitrogens with one attached hydrogen (secondary N) is 1. The quantitative estimate of drug-likeness (QED) is 0.364. The van der Waals surface area contributed by atoms with Crippen LogP contribution in [0.3, 0.4) is 0 Å². The molecule has 4 rings (SSSR count). The van der Waals surface area contributed by atoms with E-state index in [-0.39, 0.29) is 11.7 Å². The number of nitrogens with zero attached hydrogens (tertiary/aromatic N) is 4. The van der Waals surface area contributed by atoms with Crippen LogP contribution in [0.25, 0.3) is 10.6 Å². The molecule has 1 aliphatic heterocycles. The smallest absolute Gasteiger partial charge is 0.451 e. The maximum atomic E-state index is 13.3. The van der Waals surface area contributed by atoms with Crippen molar-refractivity contribution in [1.82, 2.24) is 25.2 Å². The van der Waals surface area contributed by atoms with Gasteiger partial charge in [-0.15, -0.1) is 11.3 Å². The van der Waals surface area contributed by atoms with Crippen molar-refractivity contribution in [3.8, 4) is 16.3 Å². The van der Waals surface area contributed by atoms with Gasteiger partial charge in [-0.3, -0.25) is 4.79 Å². The molecular formula is C28H32F3N5O4S. The summed E-state index contributed by atoms with van der Waals surface area (Å²) in [6.45, 7) is 9.89. The maximum Gasteiger partial charge on any atom is 0.451 e. The average Bonchev–Trinajstić information content (AvgIpc) is 3.33. The molecule has 1 aliphatic rings. The van der Waals surface area contributed by atoms with Gasteiger partial charge in [0, 0.05) is 46.7 Å². The maximum absolute atomic E-state index is 13.3. The number of carbonyl (C=O) groups excluding carboxylic acids is 2. The Morgan fingerprint density at radius 3 is 2.41 bits per heavy atom. The lowest BCUT2D eigenvalue weighted by Gasteiger charge is -2.34. The second kappa shape index (κ2) is 12.0. The van der Waals surface area contributed by atoms with Crippen molar-refractivity contribution in [3.05, 3.63) is 58.6 Å². The van der Waals surface area contributed by atoms with Gasteiger partial charge in [0.1, 0.15) is 22.5 Å². The van der Waals surface area contributed by atoms with Crippen LogP contribution in [0.5, 0.6) is 5.75 Å². The second-order valence-electron chi connectivity index (χ2n) is 10.9. The minimum atomic E-state index is -4.65. The van der Waals surface area contributed by atoms with Gasteiger partial charge < -0.3 is 19.7 Å². The Kier molecular flexibility index (Phi) is 8.86. The van der Waals surface area contributed by atoms with Crippen LogP contribution in [0.2, 0.25) is 0 Å². The first-order chi connectivity index (χ1) is 19.2. The van der Waals surface area contributed by atoms with E-state index < -0.39 is 35.6 Å². The minimum absolute atomic E-state index is 0.282. The van der Waals surface area contributed by atoms with Crippen molar-refractivity contribution in [2.45, 2.75) is 71.4 Å². The molecule has 2 amide bonds. The summed E-state index contributed by atoms with van der Waals surface area (Å²) in [5.74, 6) is -1.28. The summed E-state index contributed by atoms with van der Waals surface area (Å²) in [6.07, 6.45) is -0.102. The highest BCUT2D eigenvalue weighted by Gasteiger charge is 2.34. The third-order valence-electron chi connectivity index (χ3n) is 6.14. The van der Waals surface area contributed by atoms with Gasteiger partial charge in [-0.25, -0.2) is 19.7 Å². The molecule has 0 aliphatic carbocycles. The van der Waals surface area contributed by atoms with E-state index in [2.05, 4.69) is 20.3 Å². The number of aryl methyl sites for hydroxylation is 1. The minimum Gasteiger partial charge on any atom is -0.489 e. The fourth-order valence-electron chi connectivity index (χ4n) is 4.20. The summed E-state index contributed by atoms with van der Waals surface area (Å²) in [5, 5.41) is 3.49. The van der Waals surface area contributed by atoms with Crippen LogP contribution < -0.4 is 10.1 Å². The number of hydrogen-bond donors (Lipinski definition) is 1. The number of aromatic nitrogens is 3. The van der Waals surface area contributed by atoms with E-state index >= 15 is 0 Å². The Hall–Kier alpha value is -3.74. The molecular weight excluding hydrogens is 559 g/mol. The van der Waals surface area contributed by atoms with Crippen molar-refractivity contribution >= 4 is 23.3 Å². The van der Waals surface area contributed by atoms with Crippen molar-refractivity contribution in [2.75, 3.05) is 13.1 Å². The van der Waals surface area contributed by atoms with E-state index in [4.69, 9.17) is 9.47 Å². The average molecular weight is 592 g/mol. The fourth-order valence-corrected chi connectivity index (χ4v) is 4.95. The molecule has 1 aromatic carbocycles. The zero-order valence-corrected chi connectivity index (χ0v) is 24.2. The van der Waals surface area contributed by atoms with Gasteiger partial charge >= 0.3 is 12.3 Å². The number of piperidine rings is 1. The van der Waals surface area contributed by atoms with Crippen molar-refractivity contribution < 1.29 is 32.2 Å². The first kappa shape index (κ1) is 30.2. The topological polar surface area (TPSA) is 107 Å². The molecule has 2 atom stereocenters. The first-order valence-corrected chi connectivity index (χ1v) is 13.9. The molecule has 1 saturated heterocycles. The number of likely N-dealkylation sites (tertiary alicyclic amines) is 1. The number of halogens is 3. The predicted octanol–water partition coefficient (Wildman–Crippen LogP) is 6.20. The third-order valence-corrected chi connectivity index (χ3v) is 7.10. The van der Waals surface area contributed by atoms with E-state index in [0.717, 1.165) is 23.7 Å². The number of carbonyl (C=O) groups is 2. The largest absolute Gasteiger partial charge is 0.489 e. The molecule has 13 heteroatoms. The Morgan fingerprint density at radius 2 is 1.80 bits per heavy atom. The van der Waals surface area contributed by atoms with Gasteiger partial charge in [-0.2, -0.15) is 13.2 Å². The lowest BCUT2D eigenvalue weighted by Crippen LogP contribution is -2.46. The Bertz CT molecular complexity index is 1390. The molecule has 0 unspecified atom stereocenters. The summed E-state index contributed by atoms with van der Waals surface area (Å²) < 4.78 is 50.3. The van der Waals surface area contributed by atoms with Crippen LogP contribution in [-0.4, -0.2) is 56.6 Å². The Balaban J connectivity index is 1.54. The van der Waals surface area contributed by atoms with Crippen LogP contribution in [0.1, 0.15) is 73.2 Å². The molecule has 1 N–H and O–H groups in total. The molecule has 3 heterocycles. The lowest BCUT2D eigenvalue weighted by atomic mass is 10.1. The fraction of sp³-hybridized carbons (Fsp3) is 0.464. The van der Waals surface area contributed by atoms with E-state index in [1.54, 1.807) is 36.2 Å². The standard InChI is InChI=1S/C28H32F3N5O4S/c1-16-12-32-24(41-16)19-9-18(23(37)35-17(2)20-13-33-25(34-14-20)28(29,30)31)10-22(11-19)39-21-7-6-8-36(15-21)26(38)40-27(3,4)5/h9-14,17,21H,6-8,15H2,1-5H3,(H,35,37)/t17-,21-/m1/s1. The van der Waals surface area contributed by atoms with E-state index in [9.17, 15) is 22.8 Å². The highest BCUT2D eigenvalue weighted by Crippen LogP contribution is 2.31. The third kappa shape index (κ3) is 8.15. The highest BCUT2D eigenvalue weighted by molar-refractivity contribution is 7.14. The zero-order chi connectivity index (χ0) is 29.9. The molecule has 2 aromatic heterocycles. The monoisotopic (exact) mass is 591 g/mol. The molecule has 3 aromatic rings. The van der Waals surface area contributed by atoms with Crippen molar-refractivity contribution in [3.63, 3.8) is 0 Å². The normalized spacial score (nSPS) is 16.7. The van der Waals surface area contributed by atoms with Crippen LogP contribution in [0.4, 0.5) is 18.0 Å². The summed E-state index contributed by atoms with van der Waals surface area (Å²) in [4.78, 5) is 39.7. The lowest BCUT2D eigenvalue weighted by molar-refractivity contribution is -0.145. The summed E-state index contributed by atoms with van der Waals surface area (Å²) >= 11 is 1.46. The number of amides is 2.